The van der Waals surface area contributed by atoms with Gasteiger partial charge in [-0.15, -0.1) is 0 Å². The third-order valence-electron chi connectivity index (χ3n) is 2.67. The Balaban J connectivity index is 2.28. The molecule has 0 aliphatic carbocycles. The molecule has 0 bridgehead atoms. The van der Waals surface area contributed by atoms with Gasteiger partial charge in [-0.2, -0.15) is 0 Å². The number of aromatic hydroxyl groups is 1. The summed E-state index contributed by atoms with van der Waals surface area (Å²) in [5.41, 5.74) is 7.68. The van der Waals surface area contributed by atoms with Gasteiger partial charge >= 0.3 is 0 Å². The molecule has 4 N–H and O–H groups in total. The predicted molar refractivity (Wildman–Crippen MR) is 79.4 cm³/mol. The van der Waals surface area contributed by atoms with Crippen molar-refractivity contribution >= 4 is 33.2 Å². The smallest absolute Gasteiger partial charge is 0.255 e. The van der Waals surface area contributed by atoms with Crippen LogP contribution in [0.1, 0.15) is 15.9 Å². The second-order valence-electron chi connectivity index (χ2n) is 4.20. The zero-order valence-corrected chi connectivity index (χ0v) is 11.9. The highest BCUT2D eigenvalue weighted by molar-refractivity contribution is 9.10. The molecule has 0 atom stereocenters. The predicted octanol–water partition coefficient (Wildman–Crippen LogP) is 3.30. The van der Waals surface area contributed by atoms with Crippen molar-refractivity contribution in [3.05, 3.63) is 52.0 Å². The number of para-hydroxylation sites is 1. The maximum atomic E-state index is 12.1. The highest BCUT2D eigenvalue weighted by Gasteiger charge is 2.11. The molecule has 19 heavy (non-hydrogen) atoms. The van der Waals surface area contributed by atoms with E-state index in [1.165, 1.54) is 0 Å². The summed E-state index contributed by atoms with van der Waals surface area (Å²) in [6.07, 6.45) is 0. The first-order valence-electron chi connectivity index (χ1n) is 5.63. The number of aryl methyl sites for hydroxylation is 1. The molecule has 1 amide bonds. The van der Waals surface area contributed by atoms with Crippen molar-refractivity contribution in [2.45, 2.75) is 6.92 Å². The zero-order chi connectivity index (χ0) is 14.0. The van der Waals surface area contributed by atoms with Crippen LogP contribution >= 0.6 is 15.9 Å². The van der Waals surface area contributed by atoms with E-state index >= 15 is 0 Å². The van der Waals surface area contributed by atoms with Gasteiger partial charge in [0.1, 0.15) is 5.75 Å². The number of amides is 1. The molecule has 0 saturated carbocycles. The molecule has 2 rings (SSSR count). The molecule has 98 valence electrons. The van der Waals surface area contributed by atoms with E-state index in [1.807, 2.05) is 0 Å². The lowest BCUT2D eigenvalue weighted by molar-refractivity contribution is 0.102. The van der Waals surface area contributed by atoms with Crippen molar-refractivity contribution in [3.63, 3.8) is 0 Å². The van der Waals surface area contributed by atoms with Crippen LogP contribution in [0.25, 0.3) is 0 Å². The van der Waals surface area contributed by atoms with Gasteiger partial charge in [-0.05, 0) is 36.8 Å². The maximum absolute atomic E-state index is 12.1. The summed E-state index contributed by atoms with van der Waals surface area (Å²) in [5.74, 6) is -0.257. The number of hydrogen-bond donors (Lipinski definition) is 3. The quantitative estimate of drug-likeness (QED) is 0.587. The summed E-state index contributed by atoms with van der Waals surface area (Å²) < 4.78 is 0.728. The first-order valence-corrected chi connectivity index (χ1v) is 6.42. The molecule has 0 saturated heterocycles. The number of phenolic OH excluding ortho intramolecular Hbond substituents is 1. The van der Waals surface area contributed by atoms with Gasteiger partial charge in [0.2, 0.25) is 0 Å². The minimum Gasteiger partial charge on any atom is -0.505 e. The molecular formula is C14H13BrN2O2. The van der Waals surface area contributed by atoms with Crippen molar-refractivity contribution < 1.29 is 9.90 Å². The Labute approximate surface area is 119 Å². The van der Waals surface area contributed by atoms with Gasteiger partial charge in [0.05, 0.1) is 5.69 Å². The van der Waals surface area contributed by atoms with E-state index in [4.69, 9.17) is 5.73 Å². The van der Waals surface area contributed by atoms with Crippen molar-refractivity contribution in [1.29, 1.82) is 0 Å². The fourth-order valence-electron chi connectivity index (χ4n) is 1.70. The van der Waals surface area contributed by atoms with Crippen molar-refractivity contribution in [1.82, 2.24) is 0 Å². The molecule has 0 fully saturated rings. The van der Waals surface area contributed by atoms with Crippen LogP contribution in [0, 0.1) is 6.92 Å². The van der Waals surface area contributed by atoms with Gasteiger partial charge in [0, 0.05) is 15.7 Å². The lowest BCUT2D eigenvalue weighted by Gasteiger charge is -2.09. The number of halogens is 1. The van der Waals surface area contributed by atoms with E-state index in [-0.39, 0.29) is 11.7 Å². The van der Waals surface area contributed by atoms with Gasteiger partial charge in [-0.1, -0.05) is 28.1 Å². The van der Waals surface area contributed by atoms with Gasteiger partial charge in [-0.3, -0.25) is 4.79 Å². The first kappa shape index (κ1) is 13.4. The normalized spacial score (nSPS) is 10.2. The van der Waals surface area contributed by atoms with Crippen LogP contribution in [0.3, 0.4) is 0 Å². The molecule has 0 unspecified atom stereocenters. The summed E-state index contributed by atoms with van der Waals surface area (Å²) in [6.45, 7) is 1.77. The minimum atomic E-state index is -0.325. The van der Waals surface area contributed by atoms with Gasteiger partial charge in [-0.25, -0.2) is 0 Å². The zero-order valence-electron chi connectivity index (χ0n) is 10.3. The molecular weight excluding hydrogens is 308 g/mol. The molecule has 2 aromatic rings. The highest BCUT2D eigenvalue weighted by Crippen LogP contribution is 2.27. The second-order valence-corrected chi connectivity index (χ2v) is 5.11. The Kier molecular flexibility index (Phi) is 3.76. The average molecular weight is 321 g/mol. The Morgan fingerprint density at radius 1 is 1.32 bits per heavy atom. The third kappa shape index (κ3) is 3.06. The number of benzene rings is 2. The lowest BCUT2D eigenvalue weighted by Crippen LogP contribution is -2.12. The maximum Gasteiger partial charge on any atom is 0.255 e. The van der Waals surface area contributed by atoms with E-state index in [1.54, 1.807) is 43.3 Å². The summed E-state index contributed by atoms with van der Waals surface area (Å²) in [7, 11) is 0. The minimum absolute atomic E-state index is 0.0684. The molecule has 2 aromatic carbocycles. The standard InChI is InChI=1S/C14H13BrN2O2/c1-8-3-2-4-12(13(8)18)17-14(19)9-5-10(15)7-11(16)6-9/h2-7,18H,16H2,1H3,(H,17,19). The van der Waals surface area contributed by atoms with E-state index in [0.717, 1.165) is 4.47 Å². The topological polar surface area (TPSA) is 75.4 Å². The van der Waals surface area contributed by atoms with Gasteiger partial charge < -0.3 is 16.2 Å². The Morgan fingerprint density at radius 2 is 2.05 bits per heavy atom. The van der Waals surface area contributed by atoms with Crippen LogP contribution in [0.2, 0.25) is 0 Å². The molecule has 0 aliphatic heterocycles. The summed E-state index contributed by atoms with van der Waals surface area (Å²) in [4.78, 5) is 12.1. The summed E-state index contributed by atoms with van der Waals surface area (Å²) >= 11 is 3.28. The number of nitrogen functional groups attached to an aromatic ring is 1. The largest absolute Gasteiger partial charge is 0.505 e. The number of nitrogens with two attached hydrogens (primary N) is 1. The van der Waals surface area contributed by atoms with Crippen LogP contribution in [0.4, 0.5) is 11.4 Å². The van der Waals surface area contributed by atoms with Crippen LogP contribution < -0.4 is 11.1 Å². The molecule has 0 heterocycles. The lowest BCUT2D eigenvalue weighted by atomic mass is 10.1. The fraction of sp³-hybridized carbons (Fsp3) is 0.0714. The number of carbonyl (C=O) groups is 1. The van der Waals surface area contributed by atoms with E-state index in [0.29, 0.717) is 22.5 Å². The molecule has 0 aromatic heterocycles. The van der Waals surface area contributed by atoms with Gasteiger partial charge in [0.25, 0.3) is 5.91 Å². The fourth-order valence-corrected chi connectivity index (χ4v) is 2.21. The molecule has 4 nitrogen and oxygen atoms in total. The number of nitrogens with one attached hydrogen (secondary N) is 1. The van der Waals surface area contributed by atoms with Crippen LogP contribution in [0.5, 0.6) is 5.75 Å². The Hall–Kier alpha value is -2.01. The monoisotopic (exact) mass is 320 g/mol. The number of carbonyl (C=O) groups excluding carboxylic acids is 1. The number of phenols is 1. The average Bonchev–Trinajstić information content (AvgIpc) is 2.33. The SMILES string of the molecule is Cc1cccc(NC(=O)c2cc(N)cc(Br)c2)c1O. The van der Waals surface area contributed by atoms with E-state index in [2.05, 4.69) is 21.2 Å². The number of anilines is 2. The van der Waals surface area contributed by atoms with Crippen LogP contribution in [0.15, 0.2) is 40.9 Å². The van der Waals surface area contributed by atoms with Gasteiger partial charge in [0.15, 0.2) is 0 Å². The molecule has 5 heteroatoms. The van der Waals surface area contributed by atoms with E-state index in [9.17, 15) is 9.90 Å². The van der Waals surface area contributed by atoms with Crippen LogP contribution in [-0.2, 0) is 0 Å². The highest BCUT2D eigenvalue weighted by atomic mass is 79.9. The van der Waals surface area contributed by atoms with Crippen molar-refractivity contribution in [2.24, 2.45) is 0 Å². The molecule has 0 spiro atoms. The Bertz CT molecular complexity index is 621. The number of hydrogen-bond acceptors (Lipinski definition) is 3. The number of rotatable bonds is 2. The molecule has 0 radical (unpaired) electrons. The summed E-state index contributed by atoms with van der Waals surface area (Å²) in [6, 6.07) is 10.1. The van der Waals surface area contributed by atoms with Crippen molar-refractivity contribution in [2.75, 3.05) is 11.1 Å². The first-order chi connectivity index (χ1) is 8.97. The third-order valence-corrected chi connectivity index (χ3v) is 3.13. The van der Waals surface area contributed by atoms with E-state index < -0.39 is 0 Å². The van der Waals surface area contributed by atoms with Crippen LogP contribution in [-0.4, -0.2) is 11.0 Å². The Morgan fingerprint density at radius 3 is 2.74 bits per heavy atom. The molecule has 0 aliphatic rings. The summed E-state index contributed by atoms with van der Waals surface area (Å²) in [5, 5.41) is 12.5. The second kappa shape index (κ2) is 5.32. The van der Waals surface area contributed by atoms with Crippen molar-refractivity contribution in [3.8, 4) is 5.75 Å².